The topological polar surface area (TPSA) is 87.9 Å². The third-order valence-corrected chi connectivity index (χ3v) is 5.76. The molecule has 21 heavy (non-hydrogen) atoms. The summed E-state index contributed by atoms with van der Waals surface area (Å²) in [6, 6.07) is 0. The molecule has 1 rings (SSSR count). The Kier molecular flexibility index (Phi) is 7.93. The van der Waals surface area contributed by atoms with Gasteiger partial charge >= 0.3 is 5.97 Å². The summed E-state index contributed by atoms with van der Waals surface area (Å²) < 4.78 is 14.9. The highest BCUT2D eigenvalue weighted by Gasteiger charge is 2.58. The molecule has 1 fully saturated rings. The molecule has 3 atom stereocenters. The molecular formula is C12H20BrNO6S. The first-order valence-corrected chi connectivity index (χ1v) is 8.66. The number of rotatable bonds is 9. The van der Waals surface area contributed by atoms with Gasteiger partial charge in [-0.05, 0) is 6.92 Å². The van der Waals surface area contributed by atoms with Crippen molar-refractivity contribution < 1.29 is 23.9 Å². The fraction of sp³-hybridized carbons (Fsp3) is 0.917. The van der Waals surface area contributed by atoms with Crippen molar-refractivity contribution in [1.82, 2.24) is 0 Å². The molecule has 1 heterocycles. The Morgan fingerprint density at radius 2 is 2.33 bits per heavy atom. The summed E-state index contributed by atoms with van der Waals surface area (Å²) in [4.78, 5) is 22.5. The van der Waals surface area contributed by atoms with Crippen molar-refractivity contribution in [2.45, 2.75) is 23.7 Å². The Morgan fingerprint density at radius 3 is 2.90 bits per heavy atom. The highest BCUT2D eigenvalue weighted by atomic mass is 79.9. The molecule has 0 radical (unpaired) electrons. The summed E-state index contributed by atoms with van der Waals surface area (Å²) in [5.74, 6) is 0.0272. The standard InChI is InChI=1S/C12H20BrNO6S/c1-3-20-11(15)10(13)9-6-21-7-12(9,14(16)17)4-5-19-8-18-2/h9-10H,3-8H2,1-2H3. The van der Waals surface area contributed by atoms with Gasteiger partial charge in [0.15, 0.2) is 0 Å². The molecule has 0 amide bonds. The number of esters is 1. The molecule has 1 aliphatic heterocycles. The van der Waals surface area contributed by atoms with Crippen molar-refractivity contribution in [3.63, 3.8) is 0 Å². The lowest BCUT2D eigenvalue weighted by Gasteiger charge is -2.28. The SMILES string of the molecule is CCOC(=O)C(Br)C1CSCC1(CCOCOC)[N+](=O)[O-]. The van der Waals surface area contributed by atoms with Crippen LogP contribution < -0.4 is 0 Å². The van der Waals surface area contributed by atoms with Crippen LogP contribution in [0.15, 0.2) is 0 Å². The van der Waals surface area contributed by atoms with E-state index in [0.29, 0.717) is 11.5 Å². The van der Waals surface area contributed by atoms with E-state index in [0.717, 1.165) is 0 Å². The zero-order valence-electron chi connectivity index (χ0n) is 12.1. The van der Waals surface area contributed by atoms with E-state index in [1.165, 1.54) is 18.9 Å². The lowest BCUT2D eigenvalue weighted by Crippen LogP contribution is -2.51. The summed E-state index contributed by atoms with van der Waals surface area (Å²) in [6.07, 6.45) is 0.239. The van der Waals surface area contributed by atoms with Crippen molar-refractivity contribution in [3.05, 3.63) is 10.1 Å². The van der Waals surface area contributed by atoms with Crippen LogP contribution in [0.4, 0.5) is 0 Å². The van der Waals surface area contributed by atoms with Crippen LogP contribution in [0, 0.1) is 16.0 Å². The van der Waals surface area contributed by atoms with Crippen LogP contribution in [0.3, 0.4) is 0 Å². The fourth-order valence-electron chi connectivity index (χ4n) is 2.30. The fourth-order valence-corrected chi connectivity index (χ4v) is 5.05. The molecule has 0 aliphatic carbocycles. The minimum Gasteiger partial charge on any atom is -0.465 e. The Bertz CT molecular complexity index is 372. The minimum atomic E-state index is -1.18. The van der Waals surface area contributed by atoms with Gasteiger partial charge in [-0.2, -0.15) is 11.8 Å². The third-order valence-electron chi connectivity index (χ3n) is 3.45. The molecule has 3 unspecified atom stereocenters. The Hall–Kier alpha value is -0.380. The Labute approximate surface area is 136 Å². The molecule has 0 bridgehead atoms. The minimum absolute atomic E-state index is 0.0984. The van der Waals surface area contributed by atoms with E-state index in [1.54, 1.807) is 6.92 Å². The zero-order chi connectivity index (χ0) is 15.9. The van der Waals surface area contributed by atoms with E-state index in [2.05, 4.69) is 15.9 Å². The van der Waals surface area contributed by atoms with E-state index < -0.39 is 22.3 Å². The average Bonchev–Trinajstić information content (AvgIpc) is 2.88. The van der Waals surface area contributed by atoms with Gasteiger partial charge in [-0.25, -0.2) is 0 Å². The highest BCUT2D eigenvalue weighted by molar-refractivity contribution is 9.10. The summed E-state index contributed by atoms with van der Waals surface area (Å²) >= 11 is 4.76. The molecule has 1 saturated heterocycles. The molecule has 0 aromatic carbocycles. The van der Waals surface area contributed by atoms with Gasteiger partial charge in [-0.3, -0.25) is 14.9 Å². The van der Waals surface area contributed by atoms with Gasteiger partial charge in [0.1, 0.15) is 11.6 Å². The number of methoxy groups -OCH3 is 1. The van der Waals surface area contributed by atoms with E-state index in [9.17, 15) is 14.9 Å². The van der Waals surface area contributed by atoms with E-state index in [-0.39, 0.29) is 31.4 Å². The number of ether oxygens (including phenoxy) is 3. The maximum atomic E-state index is 11.9. The Balaban J connectivity index is 2.79. The first kappa shape index (κ1) is 18.7. The average molecular weight is 386 g/mol. The molecule has 0 N–H and O–H groups in total. The number of nitro groups is 1. The number of hydrogen-bond donors (Lipinski definition) is 0. The normalized spacial score (nSPS) is 26.5. The first-order chi connectivity index (χ1) is 9.99. The summed E-state index contributed by atoms with van der Waals surface area (Å²) in [5.41, 5.74) is -1.18. The lowest BCUT2D eigenvalue weighted by atomic mass is 9.82. The van der Waals surface area contributed by atoms with Crippen molar-refractivity contribution in [2.24, 2.45) is 5.92 Å². The van der Waals surface area contributed by atoms with Crippen LogP contribution in [0.5, 0.6) is 0 Å². The second-order valence-electron chi connectivity index (χ2n) is 4.70. The van der Waals surface area contributed by atoms with Crippen molar-refractivity contribution in [3.8, 4) is 0 Å². The molecule has 0 saturated carbocycles. The maximum Gasteiger partial charge on any atom is 0.320 e. The van der Waals surface area contributed by atoms with E-state index in [1.807, 2.05) is 0 Å². The second-order valence-corrected chi connectivity index (χ2v) is 6.72. The molecule has 0 spiro atoms. The summed E-state index contributed by atoms with van der Waals surface area (Å²) in [5, 5.41) is 11.6. The van der Waals surface area contributed by atoms with Gasteiger partial charge < -0.3 is 14.2 Å². The number of thioether (sulfide) groups is 1. The smallest absolute Gasteiger partial charge is 0.320 e. The van der Waals surface area contributed by atoms with Crippen molar-refractivity contribution in [2.75, 3.05) is 38.6 Å². The lowest BCUT2D eigenvalue weighted by molar-refractivity contribution is -0.573. The molecule has 9 heteroatoms. The van der Waals surface area contributed by atoms with Crippen LogP contribution >= 0.6 is 27.7 Å². The number of alkyl halides is 1. The Morgan fingerprint density at radius 1 is 1.62 bits per heavy atom. The van der Waals surface area contributed by atoms with Gasteiger partial charge in [0.2, 0.25) is 5.54 Å². The maximum absolute atomic E-state index is 11.9. The predicted molar refractivity (Wildman–Crippen MR) is 82.3 cm³/mol. The summed E-state index contributed by atoms with van der Waals surface area (Å²) in [7, 11) is 1.49. The molecule has 0 aromatic heterocycles. The molecule has 7 nitrogen and oxygen atoms in total. The molecule has 0 aromatic rings. The van der Waals surface area contributed by atoms with Crippen molar-refractivity contribution in [1.29, 1.82) is 0 Å². The molecular weight excluding hydrogens is 366 g/mol. The second kappa shape index (κ2) is 8.92. The first-order valence-electron chi connectivity index (χ1n) is 6.59. The van der Waals surface area contributed by atoms with Crippen LogP contribution in [-0.2, 0) is 19.0 Å². The molecule has 1 aliphatic rings. The van der Waals surface area contributed by atoms with Gasteiger partial charge in [-0.15, -0.1) is 0 Å². The van der Waals surface area contributed by atoms with Crippen LogP contribution in [0.25, 0.3) is 0 Å². The largest absolute Gasteiger partial charge is 0.465 e. The monoisotopic (exact) mass is 385 g/mol. The van der Waals surface area contributed by atoms with E-state index >= 15 is 0 Å². The molecule has 122 valence electrons. The van der Waals surface area contributed by atoms with Crippen LogP contribution in [-0.4, -0.2) is 59.9 Å². The highest BCUT2D eigenvalue weighted by Crippen LogP contribution is 2.43. The van der Waals surface area contributed by atoms with Gasteiger partial charge in [0.25, 0.3) is 0 Å². The number of carbonyl (C=O) groups excluding carboxylic acids is 1. The van der Waals surface area contributed by atoms with Gasteiger partial charge in [0.05, 0.1) is 24.9 Å². The van der Waals surface area contributed by atoms with Crippen LogP contribution in [0.1, 0.15) is 13.3 Å². The number of halogens is 1. The van der Waals surface area contributed by atoms with Crippen LogP contribution in [0.2, 0.25) is 0 Å². The van der Waals surface area contributed by atoms with Crippen molar-refractivity contribution >= 4 is 33.7 Å². The summed E-state index contributed by atoms with van der Waals surface area (Å²) in [6.45, 7) is 2.28. The number of hydrogen-bond acceptors (Lipinski definition) is 7. The third kappa shape index (κ3) is 4.54. The quantitative estimate of drug-likeness (QED) is 0.149. The van der Waals surface area contributed by atoms with Gasteiger partial charge in [-0.1, -0.05) is 15.9 Å². The van der Waals surface area contributed by atoms with Gasteiger partial charge in [0, 0.05) is 24.2 Å². The number of carbonyl (C=O) groups is 1. The number of nitrogens with zero attached hydrogens (tertiary/aromatic N) is 1. The predicted octanol–water partition coefficient (Wildman–Crippen LogP) is 1.70. The zero-order valence-corrected chi connectivity index (χ0v) is 14.5. The van der Waals surface area contributed by atoms with E-state index in [4.69, 9.17) is 14.2 Å².